The summed E-state index contributed by atoms with van der Waals surface area (Å²) in [6.45, 7) is 0.805. The second kappa shape index (κ2) is 6.85. The Kier molecular flexibility index (Phi) is 4.54. The third-order valence-electron chi connectivity index (χ3n) is 4.98. The smallest absolute Gasteiger partial charge is 0.146 e. The Balaban J connectivity index is 1.41. The van der Waals surface area contributed by atoms with E-state index >= 15 is 0 Å². The van der Waals surface area contributed by atoms with Gasteiger partial charge in [-0.25, -0.2) is 4.98 Å². The monoisotopic (exact) mass is 370 g/mol. The molecule has 2 heterocycles. The Labute approximate surface area is 158 Å². The topological polar surface area (TPSA) is 58.9 Å². The van der Waals surface area contributed by atoms with Crippen molar-refractivity contribution in [2.75, 3.05) is 19.4 Å². The standard InChI is InChI=1S/C19H23ClN6/c1-25(2)11-17-23-24-19(26(17)3)13-9-14(10-13)21-16-8-7-12-5-4-6-15(20)18(12)22-16/h4-8,13-14H,9-11H2,1-3H3,(H,21,22). The summed E-state index contributed by atoms with van der Waals surface area (Å²) in [5, 5.41) is 14.0. The van der Waals surface area contributed by atoms with Gasteiger partial charge in [-0.1, -0.05) is 23.7 Å². The molecule has 0 aliphatic heterocycles. The molecule has 0 unspecified atom stereocenters. The maximum Gasteiger partial charge on any atom is 0.146 e. The van der Waals surface area contributed by atoms with Gasteiger partial charge in [0.1, 0.15) is 17.5 Å². The number of nitrogens with zero attached hydrogens (tertiary/aromatic N) is 5. The lowest BCUT2D eigenvalue weighted by molar-refractivity contribution is 0.347. The largest absolute Gasteiger partial charge is 0.367 e. The minimum absolute atomic E-state index is 0.404. The number of anilines is 1. The average Bonchev–Trinajstić information content (AvgIpc) is 2.91. The molecule has 0 atom stereocenters. The van der Waals surface area contributed by atoms with Crippen molar-refractivity contribution in [1.82, 2.24) is 24.6 Å². The van der Waals surface area contributed by atoms with Gasteiger partial charge >= 0.3 is 0 Å². The molecule has 136 valence electrons. The minimum atomic E-state index is 0.404. The normalized spacial score (nSPS) is 19.7. The van der Waals surface area contributed by atoms with Gasteiger partial charge in [-0.3, -0.25) is 0 Å². The van der Waals surface area contributed by atoms with Crippen molar-refractivity contribution >= 4 is 28.3 Å². The van der Waals surface area contributed by atoms with Gasteiger partial charge in [0.15, 0.2) is 0 Å². The molecule has 1 aliphatic carbocycles. The molecule has 1 fully saturated rings. The third kappa shape index (κ3) is 3.27. The van der Waals surface area contributed by atoms with Crippen LogP contribution in [-0.4, -0.2) is 44.8 Å². The molecular weight excluding hydrogens is 348 g/mol. The van der Waals surface area contributed by atoms with Gasteiger partial charge in [0.05, 0.1) is 17.1 Å². The van der Waals surface area contributed by atoms with Crippen LogP contribution in [0.15, 0.2) is 30.3 Å². The Morgan fingerprint density at radius 3 is 2.77 bits per heavy atom. The molecule has 1 N–H and O–H groups in total. The van der Waals surface area contributed by atoms with E-state index in [1.165, 1.54) is 0 Å². The highest BCUT2D eigenvalue weighted by atomic mass is 35.5. The molecular formula is C19H23ClN6. The van der Waals surface area contributed by atoms with E-state index in [1.54, 1.807) is 0 Å². The summed E-state index contributed by atoms with van der Waals surface area (Å²) in [5.74, 6) is 3.41. The molecule has 0 bridgehead atoms. The molecule has 3 aromatic rings. The molecule has 0 spiro atoms. The zero-order valence-electron chi connectivity index (χ0n) is 15.3. The fourth-order valence-electron chi connectivity index (χ4n) is 3.50. The number of hydrogen-bond acceptors (Lipinski definition) is 5. The number of benzene rings is 1. The van der Waals surface area contributed by atoms with Crippen molar-refractivity contribution in [2.45, 2.75) is 31.3 Å². The number of halogens is 1. The minimum Gasteiger partial charge on any atom is -0.367 e. The van der Waals surface area contributed by atoms with Crippen LogP contribution in [0.4, 0.5) is 5.82 Å². The summed E-state index contributed by atoms with van der Waals surface area (Å²) in [7, 11) is 6.14. The number of rotatable bonds is 5. The first-order chi connectivity index (χ1) is 12.5. The summed E-state index contributed by atoms with van der Waals surface area (Å²) in [4.78, 5) is 6.77. The highest BCUT2D eigenvalue weighted by Crippen LogP contribution is 2.37. The van der Waals surface area contributed by atoms with Crippen molar-refractivity contribution < 1.29 is 0 Å². The fraction of sp³-hybridized carbons (Fsp3) is 0.421. The molecule has 1 aromatic carbocycles. The molecule has 1 saturated carbocycles. The Morgan fingerprint density at radius 1 is 1.19 bits per heavy atom. The van der Waals surface area contributed by atoms with E-state index < -0.39 is 0 Å². The van der Waals surface area contributed by atoms with Crippen LogP contribution < -0.4 is 5.32 Å². The summed E-state index contributed by atoms with van der Waals surface area (Å²) in [6, 6.07) is 10.3. The van der Waals surface area contributed by atoms with Gasteiger partial charge < -0.3 is 14.8 Å². The molecule has 1 aliphatic rings. The predicted molar refractivity (Wildman–Crippen MR) is 105 cm³/mol. The highest BCUT2D eigenvalue weighted by molar-refractivity contribution is 6.35. The van der Waals surface area contributed by atoms with E-state index in [2.05, 4.69) is 43.1 Å². The summed E-state index contributed by atoms with van der Waals surface area (Å²) < 4.78 is 2.13. The first kappa shape index (κ1) is 17.2. The SMILES string of the molecule is CN(C)Cc1nnc(C2CC(Nc3ccc4cccc(Cl)c4n3)C2)n1C. The van der Waals surface area contributed by atoms with E-state index in [-0.39, 0.29) is 0 Å². The number of pyridine rings is 1. The van der Waals surface area contributed by atoms with Crippen LogP contribution in [0.2, 0.25) is 5.02 Å². The fourth-order valence-corrected chi connectivity index (χ4v) is 3.72. The zero-order valence-corrected chi connectivity index (χ0v) is 16.0. The average molecular weight is 371 g/mol. The molecule has 2 aromatic heterocycles. The van der Waals surface area contributed by atoms with E-state index in [4.69, 9.17) is 11.6 Å². The second-order valence-corrected chi connectivity index (χ2v) is 7.70. The van der Waals surface area contributed by atoms with E-state index in [1.807, 2.05) is 38.4 Å². The zero-order chi connectivity index (χ0) is 18.3. The highest BCUT2D eigenvalue weighted by Gasteiger charge is 2.34. The number of aromatic nitrogens is 4. The maximum atomic E-state index is 6.26. The van der Waals surface area contributed by atoms with Crippen molar-refractivity contribution in [1.29, 1.82) is 0 Å². The summed E-state index contributed by atoms with van der Waals surface area (Å²) >= 11 is 6.26. The third-order valence-corrected chi connectivity index (χ3v) is 5.29. The van der Waals surface area contributed by atoms with Crippen LogP contribution >= 0.6 is 11.6 Å². The predicted octanol–water partition coefficient (Wildman–Crippen LogP) is 3.44. The van der Waals surface area contributed by atoms with Crippen molar-refractivity contribution in [2.24, 2.45) is 7.05 Å². The van der Waals surface area contributed by atoms with Gasteiger partial charge in [-0.15, -0.1) is 10.2 Å². The maximum absolute atomic E-state index is 6.26. The quantitative estimate of drug-likeness (QED) is 0.745. The number of para-hydroxylation sites is 1. The molecule has 26 heavy (non-hydrogen) atoms. The van der Waals surface area contributed by atoms with Gasteiger partial charge in [0.25, 0.3) is 0 Å². The molecule has 0 saturated heterocycles. The molecule has 0 radical (unpaired) electrons. The van der Waals surface area contributed by atoms with Crippen molar-refractivity contribution in [3.63, 3.8) is 0 Å². The van der Waals surface area contributed by atoms with Crippen molar-refractivity contribution in [3.8, 4) is 0 Å². The first-order valence-electron chi connectivity index (χ1n) is 8.86. The lowest BCUT2D eigenvalue weighted by Crippen LogP contribution is -2.35. The molecule has 4 rings (SSSR count). The molecule has 0 amide bonds. The second-order valence-electron chi connectivity index (χ2n) is 7.29. The number of fused-ring (bicyclic) bond motifs is 1. The van der Waals surface area contributed by atoms with Gasteiger partial charge in [0.2, 0.25) is 0 Å². The van der Waals surface area contributed by atoms with Crippen molar-refractivity contribution in [3.05, 3.63) is 47.0 Å². The van der Waals surface area contributed by atoms with Crippen LogP contribution in [0.1, 0.15) is 30.4 Å². The first-order valence-corrected chi connectivity index (χ1v) is 9.24. The van der Waals surface area contributed by atoms with Gasteiger partial charge in [0, 0.05) is 24.4 Å². The Bertz CT molecular complexity index is 929. The van der Waals surface area contributed by atoms with Crippen LogP contribution in [0.5, 0.6) is 0 Å². The van der Waals surface area contributed by atoms with E-state index in [0.29, 0.717) is 17.0 Å². The number of nitrogens with one attached hydrogen (secondary N) is 1. The van der Waals surface area contributed by atoms with E-state index in [9.17, 15) is 0 Å². The van der Waals surface area contributed by atoms with Crippen LogP contribution in [0.3, 0.4) is 0 Å². The Morgan fingerprint density at radius 2 is 2.00 bits per heavy atom. The molecule has 7 heteroatoms. The van der Waals surface area contributed by atoms with Crippen LogP contribution in [0.25, 0.3) is 10.9 Å². The summed E-state index contributed by atoms with van der Waals surface area (Å²) in [5.41, 5.74) is 0.844. The summed E-state index contributed by atoms with van der Waals surface area (Å²) in [6.07, 6.45) is 2.08. The van der Waals surface area contributed by atoms with Gasteiger partial charge in [-0.2, -0.15) is 0 Å². The Hall–Kier alpha value is -2.18. The molecule has 6 nitrogen and oxygen atoms in total. The van der Waals surface area contributed by atoms with E-state index in [0.717, 1.165) is 47.8 Å². The number of hydrogen-bond donors (Lipinski definition) is 1. The lowest BCUT2D eigenvalue weighted by Gasteiger charge is -2.35. The van der Waals surface area contributed by atoms with Crippen LogP contribution in [-0.2, 0) is 13.6 Å². The van der Waals surface area contributed by atoms with Crippen LogP contribution in [0, 0.1) is 0 Å². The lowest BCUT2D eigenvalue weighted by atomic mass is 9.79. The van der Waals surface area contributed by atoms with Gasteiger partial charge in [-0.05, 0) is 45.1 Å².